The molecule has 116 valence electrons. The molecule has 0 spiro atoms. The smallest absolute Gasteiger partial charge is 0.244 e. The number of hydrogen-bond acceptors (Lipinski definition) is 5. The molecule has 1 aliphatic heterocycles. The number of carbonyl (C=O) groups excluding carboxylic acids is 1. The summed E-state index contributed by atoms with van der Waals surface area (Å²) in [5.74, 6) is 0.745. The maximum Gasteiger partial charge on any atom is 0.244 e. The maximum absolute atomic E-state index is 12.3. The highest BCUT2D eigenvalue weighted by molar-refractivity contribution is 5.98. The SMILES string of the molecule is CCN(CC)c1ccc(NC(=O)C2(N)CCOCC2)cn1. The first-order chi connectivity index (χ1) is 10.1. The van der Waals surface area contributed by atoms with Gasteiger partial charge in [0.1, 0.15) is 11.4 Å². The molecule has 1 aliphatic rings. The van der Waals surface area contributed by atoms with Crippen molar-refractivity contribution in [2.24, 2.45) is 5.73 Å². The molecule has 0 aliphatic carbocycles. The summed E-state index contributed by atoms with van der Waals surface area (Å²) in [4.78, 5) is 18.8. The quantitative estimate of drug-likeness (QED) is 0.857. The number of nitrogens with one attached hydrogen (secondary N) is 1. The molecule has 6 heteroatoms. The zero-order valence-corrected chi connectivity index (χ0v) is 12.8. The summed E-state index contributed by atoms with van der Waals surface area (Å²) in [7, 11) is 0. The Bertz CT molecular complexity index is 465. The molecule has 2 rings (SSSR count). The van der Waals surface area contributed by atoms with Gasteiger partial charge in [0.05, 0.1) is 11.9 Å². The Labute approximate surface area is 125 Å². The number of ether oxygens (including phenoxy) is 1. The zero-order chi connectivity index (χ0) is 15.3. The van der Waals surface area contributed by atoms with Gasteiger partial charge in [0.25, 0.3) is 0 Å². The number of amides is 1. The molecule has 0 unspecified atom stereocenters. The van der Waals surface area contributed by atoms with E-state index in [0.29, 0.717) is 31.7 Å². The van der Waals surface area contributed by atoms with Gasteiger partial charge < -0.3 is 20.7 Å². The molecule has 1 aromatic rings. The molecular weight excluding hydrogens is 268 g/mol. The van der Waals surface area contributed by atoms with E-state index in [-0.39, 0.29) is 5.91 Å². The lowest BCUT2D eigenvalue weighted by Gasteiger charge is -2.31. The van der Waals surface area contributed by atoms with E-state index >= 15 is 0 Å². The van der Waals surface area contributed by atoms with E-state index in [9.17, 15) is 4.79 Å². The average molecular weight is 292 g/mol. The fourth-order valence-electron chi connectivity index (χ4n) is 2.41. The minimum absolute atomic E-state index is 0.164. The van der Waals surface area contributed by atoms with E-state index < -0.39 is 5.54 Å². The van der Waals surface area contributed by atoms with E-state index in [0.717, 1.165) is 18.9 Å². The van der Waals surface area contributed by atoms with Crippen LogP contribution in [0.1, 0.15) is 26.7 Å². The van der Waals surface area contributed by atoms with E-state index in [4.69, 9.17) is 10.5 Å². The number of pyridine rings is 1. The normalized spacial score (nSPS) is 17.3. The molecule has 0 bridgehead atoms. The van der Waals surface area contributed by atoms with Crippen molar-refractivity contribution in [1.29, 1.82) is 0 Å². The number of carbonyl (C=O) groups is 1. The zero-order valence-electron chi connectivity index (χ0n) is 12.8. The van der Waals surface area contributed by atoms with Crippen LogP contribution in [0, 0.1) is 0 Å². The summed E-state index contributed by atoms with van der Waals surface area (Å²) in [6.45, 7) is 7.04. The van der Waals surface area contributed by atoms with E-state index in [2.05, 4.69) is 29.0 Å². The number of nitrogens with zero attached hydrogens (tertiary/aromatic N) is 2. The lowest BCUT2D eigenvalue weighted by atomic mass is 9.90. The Kier molecular flexibility index (Phi) is 5.14. The summed E-state index contributed by atoms with van der Waals surface area (Å²) in [5.41, 5.74) is 5.99. The van der Waals surface area contributed by atoms with E-state index in [1.807, 2.05) is 12.1 Å². The molecule has 0 atom stereocenters. The van der Waals surface area contributed by atoms with Crippen molar-refractivity contribution < 1.29 is 9.53 Å². The Balaban J connectivity index is 2.01. The largest absolute Gasteiger partial charge is 0.381 e. The topological polar surface area (TPSA) is 80.5 Å². The molecule has 1 amide bonds. The van der Waals surface area contributed by atoms with Crippen LogP contribution >= 0.6 is 0 Å². The van der Waals surface area contributed by atoms with Crippen LogP contribution in [0.2, 0.25) is 0 Å². The van der Waals surface area contributed by atoms with E-state index in [1.165, 1.54) is 0 Å². The first-order valence-corrected chi connectivity index (χ1v) is 7.48. The van der Waals surface area contributed by atoms with Crippen LogP contribution in [0.15, 0.2) is 18.3 Å². The molecular formula is C15H24N4O2. The number of anilines is 2. The van der Waals surface area contributed by atoms with Crippen molar-refractivity contribution in [3.8, 4) is 0 Å². The summed E-state index contributed by atoms with van der Waals surface area (Å²) >= 11 is 0. The molecule has 0 saturated carbocycles. The number of nitrogens with two attached hydrogens (primary N) is 1. The Morgan fingerprint density at radius 2 is 2.05 bits per heavy atom. The van der Waals surface area contributed by atoms with E-state index in [1.54, 1.807) is 6.20 Å². The fraction of sp³-hybridized carbons (Fsp3) is 0.600. The third-order valence-corrected chi connectivity index (χ3v) is 3.93. The van der Waals surface area contributed by atoms with Gasteiger partial charge in [0.2, 0.25) is 5.91 Å². The Morgan fingerprint density at radius 1 is 1.38 bits per heavy atom. The minimum atomic E-state index is -0.838. The average Bonchev–Trinajstić information content (AvgIpc) is 2.51. The second kappa shape index (κ2) is 6.87. The van der Waals surface area contributed by atoms with Crippen molar-refractivity contribution in [2.45, 2.75) is 32.2 Å². The van der Waals surface area contributed by atoms with Crippen molar-refractivity contribution in [2.75, 3.05) is 36.5 Å². The third kappa shape index (κ3) is 3.71. The van der Waals surface area contributed by atoms with Gasteiger partial charge >= 0.3 is 0 Å². The van der Waals surface area contributed by atoms with Gasteiger partial charge in [-0.3, -0.25) is 4.79 Å². The van der Waals surface area contributed by atoms with Crippen molar-refractivity contribution in [3.63, 3.8) is 0 Å². The minimum Gasteiger partial charge on any atom is -0.381 e. The first-order valence-electron chi connectivity index (χ1n) is 7.48. The molecule has 3 N–H and O–H groups in total. The molecule has 6 nitrogen and oxygen atoms in total. The lowest BCUT2D eigenvalue weighted by molar-refractivity contribution is -0.124. The van der Waals surface area contributed by atoms with Crippen LogP contribution in [0.5, 0.6) is 0 Å². The second-order valence-electron chi connectivity index (χ2n) is 5.30. The molecule has 21 heavy (non-hydrogen) atoms. The molecule has 0 aromatic carbocycles. The maximum atomic E-state index is 12.3. The standard InChI is InChI=1S/C15H24N4O2/c1-3-19(4-2)13-6-5-12(11-17-13)18-14(20)15(16)7-9-21-10-8-15/h5-6,11H,3-4,7-10,16H2,1-2H3,(H,18,20). The predicted molar refractivity (Wildman–Crippen MR) is 83.4 cm³/mol. The predicted octanol–water partition coefficient (Wildman–Crippen LogP) is 1.37. The highest BCUT2D eigenvalue weighted by atomic mass is 16.5. The molecule has 1 aromatic heterocycles. The molecule has 1 saturated heterocycles. The molecule has 0 radical (unpaired) electrons. The first kappa shape index (κ1) is 15.7. The summed E-state index contributed by atoms with van der Waals surface area (Å²) in [5, 5.41) is 2.85. The van der Waals surface area contributed by atoms with Crippen molar-refractivity contribution in [3.05, 3.63) is 18.3 Å². The monoisotopic (exact) mass is 292 g/mol. The number of rotatable bonds is 5. The van der Waals surface area contributed by atoms with Crippen molar-refractivity contribution in [1.82, 2.24) is 4.98 Å². The Morgan fingerprint density at radius 3 is 2.57 bits per heavy atom. The highest BCUT2D eigenvalue weighted by Gasteiger charge is 2.35. The van der Waals surface area contributed by atoms with Gasteiger partial charge in [-0.05, 0) is 38.8 Å². The summed E-state index contributed by atoms with van der Waals surface area (Å²) in [6, 6.07) is 3.77. The van der Waals surface area contributed by atoms with Crippen LogP contribution in [0.3, 0.4) is 0 Å². The number of hydrogen-bond donors (Lipinski definition) is 2. The van der Waals surface area contributed by atoms with Crippen molar-refractivity contribution >= 4 is 17.4 Å². The summed E-state index contributed by atoms with van der Waals surface area (Å²) < 4.78 is 5.25. The van der Waals surface area contributed by atoms with Gasteiger partial charge in [-0.15, -0.1) is 0 Å². The van der Waals surface area contributed by atoms with Crippen LogP contribution in [-0.4, -0.2) is 42.7 Å². The van der Waals surface area contributed by atoms with Gasteiger partial charge in [-0.25, -0.2) is 4.98 Å². The second-order valence-corrected chi connectivity index (χ2v) is 5.30. The third-order valence-electron chi connectivity index (χ3n) is 3.93. The van der Waals surface area contributed by atoms with Crippen LogP contribution in [-0.2, 0) is 9.53 Å². The van der Waals surface area contributed by atoms with Gasteiger partial charge in [0, 0.05) is 26.3 Å². The van der Waals surface area contributed by atoms with Crippen LogP contribution < -0.4 is 16.0 Å². The highest BCUT2D eigenvalue weighted by Crippen LogP contribution is 2.21. The molecule has 1 fully saturated rings. The van der Waals surface area contributed by atoms with Gasteiger partial charge in [-0.2, -0.15) is 0 Å². The van der Waals surface area contributed by atoms with Gasteiger partial charge in [-0.1, -0.05) is 0 Å². The van der Waals surface area contributed by atoms with Crippen LogP contribution in [0.4, 0.5) is 11.5 Å². The fourth-order valence-corrected chi connectivity index (χ4v) is 2.41. The van der Waals surface area contributed by atoms with Gasteiger partial charge in [0.15, 0.2) is 0 Å². The summed E-state index contributed by atoms with van der Waals surface area (Å²) in [6.07, 6.45) is 2.77. The van der Waals surface area contributed by atoms with Crippen LogP contribution in [0.25, 0.3) is 0 Å². The number of aromatic nitrogens is 1. The lowest BCUT2D eigenvalue weighted by Crippen LogP contribution is -2.54. The molecule has 2 heterocycles. The Hall–Kier alpha value is -1.66.